The summed E-state index contributed by atoms with van der Waals surface area (Å²) >= 11 is 12.0. The lowest BCUT2D eigenvalue weighted by Gasteiger charge is -2.09. The Balaban J connectivity index is 2.07. The first-order chi connectivity index (χ1) is 11.7. The molecule has 0 atom stereocenters. The van der Waals surface area contributed by atoms with Gasteiger partial charge in [0.15, 0.2) is 11.3 Å². The third-order valence-corrected chi connectivity index (χ3v) is 4.23. The topological polar surface area (TPSA) is 46.4 Å². The van der Waals surface area contributed by atoms with E-state index in [0.717, 1.165) is 0 Å². The zero-order valence-corrected chi connectivity index (χ0v) is 14.2. The van der Waals surface area contributed by atoms with Gasteiger partial charge in [0.05, 0.1) is 27.0 Å². The standard InChI is InChI=1S/C16H10Cl2F3N3O/c1-8-13(16(19,20)21)23-14-11(6-3-7-24(8)14)22-15(25)12-9(17)4-2-5-10(12)18/h2-7H,1H3,(H,22,25). The van der Waals surface area contributed by atoms with Crippen LogP contribution in [0.2, 0.25) is 10.0 Å². The second-order valence-electron chi connectivity index (χ2n) is 5.21. The fraction of sp³-hybridized carbons (Fsp3) is 0.125. The first-order valence-electron chi connectivity index (χ1n) is 7.00. The molecular weight excluding hydrogens is 378 g/mol. The van der Waals surface area contributed by atoms with Crippen LogP contribution in [0.5, 0.6) is 0 Å². The van der Waals surface area contributed by atoms with Gasteiger partial charge in [-0.15, -0.1) is 0 Å². The SMILES string of the molecule is Cc1c(C(F)(F)F)nc2c(NC(=O)c3c(Cl)cccc3Cl)cccn12. The van der Waals surface area contributed by atoms with Gasteiger partial charge in [0.1, 0.15) is 0 Å². The van der Waals surface area contributed by atoms with Gasteiger partial charge in [0.2, 0.25) is 0 Å². The predicted molar refractivity (Wildman–Crippen MR) is 89.3 cm³/mol. The number of rotatable bonds is 2. The van der Waals surface area contributed by atoms with Gasteiger partial charge in [-0.25, -0.2) is 4.98 Å². The lowest BCUT2D eigenvalue weighted by molar-refractivity contribution is -0.141. The van der Waals surface area contributed by atoms with Crippen LogP contribution in [0.4, 0.5) is 18.9 Å². The van der Waals surface area contributed by atoms with Crippen molar-refractivity contribution in [1.29, 1.82) is 0 Å². The van der Waals surface area contributed by atoms with Crippen molar-refractivity contribution in [2.75, 3.05) is 5.32 Å². The molecule has 0 aliphatic heterocycles. The van der Waals surface area contributed by atoms with Crippen molar-refractivity contribution in [3.05, 3.63) is 63.5 Å². The molecule has 1 amide bonds. The smallest absolute Gasteiger partial charge is 0.319 e. The summed E-state index contributed by atoms with van der Waals surface area (Å²) in [5.41, 5.74) is -0.961. The van der Waals surface area contributed by atoms with Gasteiger partial charge in [-0.05, 0) is 31.2 Å². The van der Waals surface area contributed by atoms with E-state index in [1.165, 1.54) is 41.8 Å². The number of nitrogens with zero attached hydrogens (tertiary/aromatic N) is 2. The zero-order chi connectivity index (χ0) is 18.4. The van der Waals surface area contributed by atoms with Crippen LogP contribution in [-0.4, -0.2) is 15.3 Å². The largest absolute Gasteiger partial charge is 0.435 e. The van der Waals surface area contributed by atoms with Crippen molar-refractivity contribution in [2.24, 2.45) is 0 Å². The average molecular weight is 388 g/mol. The monoisotopic (exact) mass is 387 g/mol. The lowest BCUT2D eigenvalue weighted by Crippen LogP contribution is -2.14. The highest BCUT2D eigenvalue weighted by atomic mass is 35.5. The van der Waals surface area contributed by atoms with Gasteiger partial charge < -0.3 is 9.72 Å². The van der Waals surface area contributed by atoms with Crippen LogP contribution < -0.4 is 5.32 Å². The minimum Gasteiger partial charge on any atom is -0.319 e. The van der Waals surface area contributed by atoms with Crippen LogP contribution in [-0.2, 0) is 6.18 Å². The van der Waals surface area contributed by atoms with Crippen molar-refractivity contribution in [1.82, 2.24) is 9.38 Å². The number of hydrogen-bond acceptors (Lipinski definition) is 2. The highest BCUT2D eigenvalue weighted by Crippen LogP contribution is 2.33. The van der Waals surface area contributed by atoms with Gasteiger partial charge in [0.25, 0.3) is 5.91 Å². The number of amides is 1. The highest BCUT2D eigenvalue weighted by Gasteiger charge is 2.36. The molecule has 2 heterocycles. The molecule has 0 radical (unpaired) electrons. The number of imidazole rings is 1. The normalized spacial score (nSPS) is 11.8. The Morgan fingerprint density at radius 1 is 1.16 bits per heavy atom. The van der Waals surface area contributed by atoms with E-state index >= 15 is 0 Å². The number of nitrogens with one attached hydrogen (secondary N) is 1. The second-order valence-corrected chi connectivity index (χ2v) is 6.02. The van der Waals surface area contributed by atoms with Crippen molar-refractivity contribution in [3.8, 4) is 0 Å². The molecule has 3 aromatic rings. The minimum atomic E-state index is -4.59. The van der Waals surface area contributed by atoms with E-state index in [-0.39, 0.29) is 32.6 Å². The highest BCUT2D eigenvalue weighted by molar-refractivity contribution is 6.40. The molecule has 4 nitrogen and oxygen atoms in total. The summed E-state index contributed by atoms with van der Waals surface area (Å²) in [6.07, 6.45) is -3.16. The predicted octanol–water partition coefficient (Wildman–Crippen LogP) is 5.22. The number of benzene rings is 1. The third kappa shape index (κ3) is 3.17. The molecule has 0 aliphatic rings. The molecule has 1 N–H and O–H groups in total. The van der Waals surface area contributed by atoms with Gasteiger partial charge in [-0.1, -0.05) is 29.3 Å². The van der Waals surface area contributed by atoms with Crippen molar-refractivity contribution < 1.29 is 18.0 Å². The van der Waals surface area contributed by atoms with E-state index < -0.39 is 17.8 Å². The summed E-state index contributed by atoms with van der Waals surface area (Å²) in [7, 11) is 0. The number of aryl methyl sites for hydroxylation is 1. The number of pyridine rings is 1. The van der Waals surface area contributed by atoms with Crippen LogP contribution in [0.15, 0.2) is 36.5 Å². The number of carbonyl (C=O) groups excluding carboxylic acids is 1. The molecule has 25 heavy (non-hydrogen) atoms. The van der Waals surface area contributed by atoms with E-state index in [1.807, 2.05) is 0 Å². The summed E-state index contributed by atoms with van der Waals surface area (Å²) < 4.78 is 40.4. The quantitative estimate of drug-likeness (QED) is 0.654. The number of alkyl halides is 3. The van der Waals surface area contributed by atoms with Crippen molar-refractivity contribution in [2.45, 2.75) is 13.1 Å². The molecule has 3 rings (SSSR count). The molecule has 0 aliphatic carbocycles. The average Bonchev–Trinajstić information content (AvgIpc) is 2.86. The second kappa shape index (κ2) is 6.24. The molecule has 0 bridgehead atoms. The number of anilines is 1. The maximum atomic E-state index is 13.1. The van der Waals surface area contributed by atoms with Crippen molar-refractivity contribution in [3.63, 3.8) is 0 Å². The lowest BCUT2D eigenvalue weighted by atomic mass is 10.2. The summed E-state index contributed by atoms with van der Waals surface area (Å²) in [6, 6.07) is 7.51. The molecule has 2 aromatic heterocycles. The maximum absolute atomic E-state index is 13.1. The molecule has 0 saturated heterocycles. The molecule has 130 valence electrons. The zero-order valence-electron chi connectivity index (χ0n) is 12.7. The Hall–Kier alpha value is -2.25. The van der Waals surface area contributed by atoms with Crippen LogP contribution in [0.1, 0.15) is 21.7 Å². The summed E-state index contributed by atoms with van der Waals surface area (Å²) in [6.45, 7) is 1.30. The Kier molecular flexibility index (Phi) is 4.38. The first kappa shape index (κ1) is 17.6. The Bertz CT molecular complexity index is 962. The van der Waals surface area contributed by atoms with E-state index in [2.05, 4.69) is 10.3 Å². The van der Waals surface area contributed by atoms with Crippen molar-refractivity contribution >= 4 is 40.4 Å². The fourth-order valence-electron chi connectivity index (χ4n) is 2.45. The van der Waals surface area contributed by atoms with Gasteiger partial charge >= 0.3 is 6.18 Å². The van der Waals surface area contributed by atoms with E-state index in [1.54, 1.807) is 6.07 Å². The van der Waals surface area contributed by atoms with Gasteiger partial charge in [-0.2, -0.15) is 13.2 Å². The Labute approximate surface area is 150 Å². The summed E-state index contributed by atoms with van der Waals surface area (Å²) in [5, 5.41) is 2.78. The number of hydrogen-bond donors (Lipinski definition) is 1. The summed E-state index contributed by atoms with van der Waals surface area (Å²) in [5.74, 6) is -0.641. The molecular formula is C16H10Cl2F3N3O. The number of fused-ring (bicyclic) bond motifs is 1. The fourth-order valence-corrected chi connectivity index (χ4v) is 3.02. The molecule has 0 unspecified atom stereocenters. The van der Waals surface area contributed by atoms with E-state index in [9.17, 15) is 18.0 Å². The Morgan fingerprint density at radius 2 is 1.80 bits per heavy atom. The van der Waals surface area contributed by atoms with Crippen LogP contribution in [0.3, 0.4) is 0 Å². The van der Waals surface area contributed by atoms with Crippen LogP contribution >= 0.6 is 23.2 Å². The third-order valence-electron chi connectivity index (χ3n) is 3.60. The molecule has 0 fully saturated rings. The molecule has 0 spiro atoms. The maximum Gasteiger partial charge on any atom is 0.435 e. The molecule has 9 heteroatoms. The number of halogens is 5. The number of carbonyl (C=O) groups is 1. The van der Waals surface area contributed by atoms with Crippen LogP contribution in [0.25, 0.3) is 5.65 Å². The number of aromatic nitrogens is 2. The van der Waals surface area contributed by atoms with Gasteiger partial charge in [0, 0.05) is 6.20 Å². The minimum absolute atomic E-state index is 0.0242. The molecule has 1 aromatic carbocycles. The van der Waals surface area contributed by atoms with Crippen LogP contribution in [0, 0.1) is 6.92 Å². The summed E-state index contributed by atoms with van der Waals surface area (Å²) in [4.78, 5) is 16.1. The molecule has 0 saturated carbocycles. The van der Waals surface area contributed by atoms with E-state index in [0.29, 0.717) is 0 Å². The first-order valence-corrected chi connectivity index (χ1v) is 7.76. The van der Waals surface area contributed by atoms with Gasteiger partial charge in [-0.3, -0.25) is 4.79 Å². The van der Waals surface area contributed by atoms with E-state index in [4.69, 9.17) is 23.2 Å². The Morgan fingerprint density at radius 3 is 2.40 bits per heavy atom.